The van der Waals surface area contributed by atoms with Crippen LogP contribution in [-0.4, -0.2) is 80.2 Å². The summed E-state index contributed by atoms with van der Waals surface area (Å²) < 4.78 is 25.1. The number of rotatable bonds is 8. The number of unbranched alkanes of at least 4 members (excludes halogenated alkanes) is 1. The maximum absolute atomic E-state index is 10.8. The molecule has 0 amide bonds. The molecule has 6 N–H and O–H groups in total. The van der Waals surface area contributed by atoms with Gasteiger partial charge in [0, 0.05) is 6.61 Å². The number of hydrogen-bond acceptors (Lipinski definition) is 8. The second-order valence-corrected chi connectivity index (χ2v) is 6.22. The standard InChI is InChI=1S/C11H23O10P/c1-2-3-4-19-5-6(12)10-8(14)7(13)9(15)11(20-10)21-22(16,17)18/h6-15H,2-5H2,1H3,(H2,16,17,18)/t6-,7+,8+,9?,10?,11+/m1/s1. The van der Waals surface area contributed by atoms with E-state index >= 15 is 0 Å². The van der Waals surface area contributed by atoms with E-state index in [9.17, 15) is 25.0 Å². The Morgan fingerprint density at radius 1 is 1.18 bits per heavy atom. The average Bonchev–Trinajstić information content (AvgIpc) is 2.42. The van der Waals surface area contributed by atoms with E-state index in [2.05, 4.69) is 4.52 Å². The molecule has 0 spiro atoms. The Hall–Kier alpha value is -0.130. The average molecular weight is 346 g/mol. The van der Waals surface area contributed by atoms with Crippen molar-refractivity contribution in [3.63, 3.8) is 0 Å². The summed E-state index contributed by atoms with van der Waals surface area (Å²) in [5.41, 5.74) is 0. The van der Waals surface area contributed by atoms with Gasteiger partial charge < -0.3 is 39.7 Å². The number of phosphoric ester groups is 1. The SMILES string of the molecule is CCCCOC[C@@H](O)C1O[C@@H](OP(=O)(O)O)C(O)[C@@H](O)[C@@H]1O. The van der Waals surface area contributed by atoms with Crippen LogP contribution in [0.25, 0.3) is 0 Å². The molecule has 1 aliphatic heterocycles. The molecule has 1 fully saturated rings. The molecule has 1 heterocycles. The quantitative estimate of drug-likeness (QED) is 0.215. The summed E-state index contributed by atoms with van der Waals surface area (Å²) in [5, 5.41) is 39.0. The van der Waals surface area contributed by atoms with Gasteiger partial charge in [0.1, 0.15) is 30.5 Å². The molecule has 132 valence electrons. The van der Waals surface area contributed by atoms with E-state index in [4.69, 9.17) is 19.3 Å². The molecule has 1 rings (SSSR count). The number of aliphatic hydroxyl groups excluding tert-OH is 4. The third-order valence-corrected chi connectivity index (χ3v) is 3.64. The topological polar surface area (TPSA) is 166 Å². The van der Waals surface area contributed by atoms with Crippen LogP contribution in [0.4, 0.5) is 0 Å². The first kappa shape index (κ1) is 19.9. The van der Waals surface area contributed by atoms with Gasteiger partial charge in [-0.2, -0.15) is 0 Å². The van der Waals surface area contributed by atoms with E-state index in [1.807, 2.05) is 6.92 Å². The normalized spacial score (nSPS) is 34.6. The maximum atomic E-state index is 10.8. The number of hydrogen-bond donors (Lipinski definition) is 6. The van der Waals surface area contributed by atoms with Gasteiger partial charge in [0.25, 0.3) is 0 Å². The van der Waals surface area contributed by atoms with Gasteiger partial charge in [-0.05, 0) is 6.42 Å². The lowest BCUT2D eigenvalue weighted by molar-refractivity contribution is -0.293. The summed E-state index contributed by atoms with van der Waals surface area (Å²) >= 11 is 0. The highest BCUT2D eigenvalue weighted by Gasteiger charge is 2.48. The van der Waals surface area contributed by atoms with E-state index in [1.165, 1.54) is 0 Å². The van der Waals surface area contributed by atoms with Crippen molar-refractivity contribution in [1.82, 2.24) is 0 Å². The summed E-state index contributed by atoms with van der Waals surface area (Å²) in [6.45, 7) is 2.12. The first-order valence-corrected chi connectivity index (χ1v) is 8.39. The third-order valence-electron chi connectivity index (χ3n) is 3.16. The van der Waals surface area contributed by atoms with Gasteiger partial charge in [-0.15, -0.1) is 0 Å². The first-order valence-electron chi connectivity index (χ1n) is 6.86. The van der Waals surface area contributed by atoms with Crippen molar-refractivity contribution in [3.8, 4) is 0 Å². The van der Waals surface area contributed by atoms with Crippen molar-refractivity contribution in [2.45, 2.75) is 56.6 Å². The van der Waals surface area contributed by atoms with Crippen LogP contribution in [-0.2, 0) is 18.6 Å². The van der Waals surface area contributed by atoms with Crippen LogP contribution in [0.1, 0.15) is 19.8 Å². The molecule has 0 radical (unpaired) electrons. The molecule has 1 aliphatic rings. The van der Waals surface area contributed by atoms with Crippen LogP contribution in [0.3, 0.4) is 0 Å². The minimum atomic E-state index is -5.00. The maximum Gasteiger partial charge on any atom is 0.472 e. The molecular formula is C11H23O10P. The lowest BCUT2D eigenvalue weighted by Crippen LogP contribution is -2.61. The summed E-state index contributed by atoms with van der Waals surface area (Å²) in [6, 6.07) is 0. The van der Waals surface area contributed by atoms with Crippen LogP contribution in [0.15, 0.2) is 0 Å². The van der Waals surface area contributed by atoms with Crippen LogP contribution in [0.5, 0.6) is 0 Å². The summed E-state index contributed by atoms with van der Waals surface area (Å²) in [4.78, 5) is 17.5. The van der Waals surface area contributed by atoms with Gasteiger partial charge >= 0.3 is 7.82 Å². The van der Waals surface area contributed by atoms with E-state index in [-0.39, 0.29) is 6.61 Å². The minimum Gasteiger partial charge on any atom is -0.388 e. The monoisotopic (exact) mass is 346 g/mol. The fraction of sp³-hybridized carbons (Fsp3) is 1.00. The largest absolute Gasteiger partial charge is 0.472 e. The first-order chi connectivity index (χ1) is 10.2. The Morgan fingerprint density at radius 3 is 2.36 bits per heavy atom. The highest BCUT2D eigenvalue weighted by atomic mass is 31.2. The second-order valence-electron chi connectivity index (χ2n) is 5.03. The Morgan fingerprint density at radius 2 is 1.82 bits per heavy atom. The van der Waals surface area contributed by atoms with Crippen molar-refractivity contribution < 1.29 is 48.8 Å². The minimum absolute atomic E-state index is 0.215. The predicted octanol–water partition coefficient (Wildman–Crippen LogP) is -1.92. The van der Waals surface area contributed by atoms with Crippen molar-refractivity contribution in [2.24, 2.45) is 0 Å². The molecular weight excluding hydrogens is 323 g/mol. The molecule has 6 atom stereocenters. The molecule has 11 heteroatoms. The molecule has 0 bridgehead atoms. The van der Waals surface area contributed by atoms with E-state index in [0.717, 1.165) is 12.8 Å². The van der Waals surface area contributed by atoms with Gasteiger partial charge in [0.2, 0.25) is 0 Å². The molecule has 0 aromatic rings. The molecule has 22 heavy (non-hydrogen) atoms. The number of phosphoric acid groups is 1. The van der Waals surface area contributed by atoms with Crippen molar-refractivity contribution >= 4 is 7.82 Å². The molecule has 10 nitrogen and oxygen atoms in total. The highest BCUT2D eigenvalue weighted by Crippen LogP contribution is 2.40. The van der Waals surface area contributed by atoms with E-state index < -0.39 is 44.6 Å². The van der Waals surface area contributed by atoms with Crippen LogP contribution in [0.2, 0.25) is 0 Å². The smallest absolute Gasteiger partial charge is 0.388 e. The molecule has 1 saturated heterocycles. The zero-order valence-electron chi connectivity index (χ0n) is 12.1. The third kappa shape index (κ3) is 5.82. The Labute approximate surface area is 127 Å². The molecule has 0 aliphatic carbocycles. The number of ether oxygens (including phenoxy) is 2. The second kappa shape index (κ2) is 8.65. The fourth-order valence-electron chi connectivity index (χ4n) is 1.96. The Kier molecular flexibility index (Phi) is 7.83. The van der Waals surface area contributed by atoms with Crippen molar-refractivity contribution in [1.29, 1.82) is 0 Å². The highest BCUT2D eigenvalue weighted by molar-refractivity contribution is 7.46. The Balaban J connectivity index is 2.66. The van der Waals surface area contributed by atoms with Gasteiger partial charge in [-0.1, -0.05) is 13.3 Å². The summed E-state index contributed by atoms with van der Waals surface area (Å²) in [5.74, 6) is 0. The lowest BCUT2D eigenvalue weighted by atomic mass is 9.96. The molecule has 0 aromatic heterocycles. The lowest BCUT2D eigenvalue weighted by Gasteiger charge is -2.41. The fourth-order valence-corrected chi connectivity index (χ4v) is 2.40. The van der Waals surface area contributed by atoms with Crippen molar-refractivity contribution in [3.05, 3.63) is 0 Å². The van der Waals surface area contributed by atoms with Gasteiger partial charge in [0.15, 0.2) is 6.29 Å². The molecule has 0 saturated carbocycles. The zero-order valence-corrected chi connectivity index (χ0v) is 13.0. The van der Waals surface area contributed by atoms with E-state index in [0.29, 0.717) is 6.61 Å². The molecule has 0 aromatic carbocycles. The van der Waals surface area contributed by atoms with Gasteiger partial charge in [-0.3, -0.25) is 4.52 Å². The number of aliphatic hydroxyl groups is 4. The van der Waals surface area contributed by atoms with Crippen LogP contribution >= 0.6 is 7.82 Å². The zero-order chi connectivity index (χ0) is 16.9. The molecule has 2 unspecified atom stereocenters. The van der Waals surface area contributed by atoms with Crippen molar-refractivity contribution in [2.75, 3.05) is 13.2 Å². The Bertz CT molecular complexity index is 374. The van der Waals surface area contributed by atoms with Gasteiger partial charge in [0.05, 0.1) is 6.61 Å². The van der Waals surface area contributed by atoms with Crippen LogP contribution in [0, 0.1) is 0 Å². The predicted molar refractivity (Wildman–Crippen MR) is 71.5 cm³/mol. The summed E-state index contributed by atoms with van der Waals surface area (Å²) in [6.07, 6.45) is -8.40. The summed E-state index contributed by atoms with van der Waals surface area (Å²) in [7, 11) is -5.00. The van der Waals surface area contributed by atoms with Crippen LogP contribution < -0.4 is 0 Å². The van der Waals surface area contributed by atoms with Gasteiger partial charge in [-0.25, -0.2) is 4.57 Å². The van der Waals surface area contributed by atoms with E-state index in [1.54, 1.807) is 0 Å².